The van der Waals surface area contributed by atoms with Crippen molar-refractivity contribution in [2.45, 2.75) is 70.0 Å². The molecular formula is C21H39IN8. The fourth-order valence-corrected chi connectivity index (χ4v) is 5.20. The summed E-state index contributed by atoms with van der Waals surface area (Å²) in [7, 11) is 4.13. The van der Waals surface area contributed by atoms with Gasteiger partial charge in [-0.2, -0.15) is 5.10 Å². The predicted molar refractivity (Wildman–Crippen MR) is 132 cm³/mol. The highest BCUT2D eigenvalue weighted by Crippen LogP contribution is 2.30. The standard InChI is InChI=1S/C21H38N8.HI/c1-17-24-19-8-7-18(15-29(19)26-17)25-20(22-2)23-16-21(9-13-27(3)14-10-21)28-11-5-4-6-12-28;/h18H,4-16H2,1-3H3,(H2,22,23,25);1H. The predicted octanol–water partition coefficient (Wildman–Crippen LogP) is 1.63. The molecule has 4 heterocycles. The quantitative estimate of drug-likeness (QED) is 0.351. The molecule has 0 radical (unpaired) electrons. The monoisotopic (exact) mass is 530 g/mol. The van der Waals surface area contributed by atoms with Crippen LogP contribution in [-0.4, -0.2) is 88.9 Å². The normalized spacial score (nSPS) is 25.3. The number of hydrogen-bond donors (Lipinski definition) is 2. The van der Waals surface area contributed by atoms with Gasteiger partial charge in [-0.15, -0.1) is 24.0 Å². The number of guanidine groups is 1. The number of hydrogen-bond acceptors (Lipinski definition) is 5. The third-order valence-electron chi connectivity index (χ3n) is 7.06. The number of nitrogens with zero attached hydrogens (tertiary/aromatic N) is 6. The van der Waals surface area contributed by atoms with Crippen molar-refractivity contribution in [3.05, 3.63) is 11.6 Å². The largest absolute Gasteiger partial charge is 0.355 e. The lowest BCUT2D eigenvalue weighted by atomic mass is 9.84. The zero-order chi connectivity index (χ0) is 20.3. The van der Waals surface area contributed by atoms with Gasteiger partial charge in [0.15, 0.2) is 5.96 Å². The molecule has 170 valence electrons. The Labute approximate surface area is 198 Å². The molecule has 3 aliphatic rings. The van der Waals surface area contributed by atoms with Gasteiger partial charge < -0.3 is 15.5 Å². The van der Waals surface area contributed by atoms with Crippen LogP contribution >= 0.6 is 24.0 Å². The number of likely N-dealkylation sites (tertiary alicyclic amines) is 2. The van der Waals surface area contributed by atoms with Gasteiger partial charge in [-0.1, -0.05) is 6.42 Å². The summed E-state index contributed by atoms with van der Waals surface area (Å²) >= 11 is 0. The molecule has 0 spiro atoms. The number of aliphatic imine (C=N–C) groups is 1. The van der Waals surface area contributed by atoms with E-state index in [1.165, 1.54) is 58.3 Å². The molecule has 3 aliphatic heterocycles. The summed E-state index contributed by atoms with van der Waals surface area (Å²) in [5.74, 6) is 2.90. The number of nitrogens with one attached hydrogen (secondary N) is 2. The first-order valence-corrected chi connectivity index (χ1v) is 11.4. The summed E-state index contributed by atoms with van der Waals surface area (Å²) < 4.78 is 2.05. The van der Waals surface area contributed by atoms with Crippen molar-refractivity contribution < 1.29 is 0 Å². The van der Waals surface area contributed by atoms with Crippen molar-refractivity contribution in [2.24, 2.45) is 4.99 Å². The molecule has 0 saturated carbocycles. The molecule has 9 heteroatoms. The van der Waals surface area contributed by atoms with E-state index in [9.17, 15) is 0 Å². The first kappa shape index (κ1) is 23.7. The van der Waals surface area contributed by atoms with E-state index in [4.69, 9.17) is 0 Å². The molecule has 1 aromatic rings. The molecule has 0 aromatic carbocycles. The maximum atomic E-state index is 4.54. The number of piperidine rings is 2. The van der Waals surface area contributed by atoms with E-state index in [2.05, 4.69) is 47.2 Å². The van der Waals surface area contributed by atoms with E-state index in [0.717, 1.165) is 43.5 Å². The topological polar surface area (TPSA) is 73.6 Å². The molecule has 2 fully saturated rings. The van der Waals surface area contributed by atoms with Gasteiger partial charge in [0.1, 0.15) is 11.6 Å². The van der Waals surface area contributed by atoms with Crippen LogP contribution in [0.25, 0.3) is 0 Å². The second kappa shape index (κ2) is 10.6. The maximum Gasteiger partial charge on any atom is 0.191 e. The van der Waals surface area contributed by atoms with Gasteiger partial charge in [-0.25, -0.2) is 9.67 Å². The van der Waals surface area contributed by atoms with Gasteiger partial charge in [0, 0.05) is 31.6 Å². The highest BCUT2D eigenvalue weighted by molar-refractivity contribution is 14.0. The van der Waals surface area contributed by atoms with E-state index in [0.29, 0.717) is 6.04 Å². The van der Waals surface area contributed by atoms with E-state index in [1.54, 1.807) is 0 Å². The second-order valence-corrected chi connectivity index (χ2v) is 9.14. The van der Waals surface area contributed by atoms with Crippen molar-refractivity contribution in [3.8, 4) is 0 Å². The summed E-state index contributed by atoms with van der Waals surface area (Å²) in [4.78, 5) is 14.3. The molecule has 0 bridgehead atoms. The van der Waals surface area contributed by atoms with E-state index in [1.807, 2.05) is 14.0 Å². The highest BCUT2D eigenvalue weighted by Gasteiger charge is 2.39. The summed E-state index contributed by atoms with van der Waals surface area (Å²) in [5.41, 5.74) is 0.257. The van der Waals surface area contributed by atoms with Gasteiger partial charge in [-0.05, 0) is 72.3 Å². The van der Waals surface area contributed by atoms with E-state index < -0.39 is 0 Å². The van der Waals surface area contributed by atoms with Crippen molar-refractivity contribution >= 4 is 29.9 Å². The molecule has 8 nitrogen and oxygen atoms in total. The van der Waals surface area contributed by atoms with Crippen LogP contribution < -0.4 is 10.6 Å². The zero-order valence-corrected chi connectivity index (χ0v) is 21.2. The fourth-order valence-electron chi connectivity index (χ4n) is 5.20. The highest BCUT2D eigenvalue weighted by atomic mass is 127. The smallest absolute Gasteiger partial charge is 0.191 e. The minimum atomic E-state index is 0. The number of aryl methyl sites for hydroxylation is 2. The number of halogens is 1. The molecule has 4 rings (SSSR count). The van der Waals surface area contributed by atoms with Crippen molar-refractivity contribution in [3.63, 3.8) is 0 Å². The molecule has 1 unspecified atom stereocenters. The van der Waals surface area contributed by atoms with Crippen molar-refractivity contribution in [1.82, 2.24) is 35.2 Å². The van der Waals surface area contributed by atoms with Crippen LogP contribution in [-0.2, 0) is 13.0 Å². The molecule has 1 atom stereocenters. The lowest BCUT2D eigenvalue weighted by Gasteiger charge is -2.50. The minimum Gasteiger partial charge on any atom is -0.355 e. The van der Waals surface area contributed by atoms with Crippen LogP contribution in [0.1, 0.15) is 50.2 Å². The van der Waals surface area contributed by atoms with Crippen molar-refractivity contribution in [2.75, 3.05) is 46.8 Å². The molecular weight excluding hydrogens is 491 g/mol. The Hall–Kier alpha value is -0.940. The zero-order valence-electron chi connectivity index (χ0n) is 18.9. The third kappa shape index (κ3) is 5.45. The molecule has 2 saturated heterocycles. The lowest BCUT2D eigenvalue weighted by Crippen LogP contribution is -2.62. The Morgan fingerprint density at radius 3 is 2.60 bits per heavy atom. The van der Waals surface area contributed by atoms with E-state index >= 15 is 0 Å². The van der Waals surface area contributed by atoms with Crippen LogP contribution in [0.5, 0.6) is 0 Å². The third-order valence-corrected chi connectivity index (χ3v) is 7.06. The lowest BCUT2D eigenvalue weighted by molar-refractivity contribution is 0.0172. The number of aromatic nitrogens is 3. The number of rotatable bonds is 4. The average Bonchev–Trinajstić information content (AvgIpc) is 3.12. The van der Waals surface area contributed by atoms with Gasteiger partial charge in [0.05, 0.1) is 6.54 Å². The SMILES string of the molecule is CN=C(NCC1(N2CCCCC2)CCN(C)CC1)NC1CCc2nc(C)nn2C1.I. The van der Waals surface area contributed by atoms with E-state index in [-0.39, 0.29) is 29.5 Å². The summed E-state index contributed by atoms with van der Waals surface area (Å²) in [6.45, 7) is 8.65. The number of fused-ring (bicyclic) bond motifs is 1. The van der Waals surface area contributed by atoms with Gasteiger partial charge in [0.2, 0.25) is 0 Å². The Balaban J connectivity index is 0.00000256. The van der Waals surface area contributed by atoms with Crippen LogP contribution in [0.15, 0.2) is 4.99 Å². The molecule has 0 amide bonds. The first-order chi connectivity index (χ1) is 14.1. The average molecular weight is 531 g/mol. The fraction of sp³-hybridized carbons (Fsp3) is 0.857. The van der Waals surface area contributed by atoms with Crippen molar-refractivity contribution in [1.29, 1.82) is 0 Å². The van der Waals surface area contributed by atoms with Crippen LogP contribution in [0, 0.1) is 6.92 Å². The van der Waals surface area contributed by atoms with Gasteiger partial charge in [0.25, 0.3) is 0 Å². The summed E-state index contributed by atoms with van der Waals surface area (Å²) in [5, 5.41) is 11.9. The second-order valence-electron chi connectivity index (χ2n) is 9.14. The molecule has 1 aromatic heterocycles. The first-order valence-electron chi connectivity index (χ1n) is 11.4. The van der Waals surface area contributed by atoms with Gasteiger partial charge >= 0.3 is 0 Å². The van der Waals surface area contributed by atoms with Gasteiger partial charge in [-0.3, -0.25) is 9.89 Å². The molecule has 0 aliphatic carbocycles. The summed E-state index contributed by atoms with van der Waals surface area (Å²) in [6, 6.07) is 0.346. The minimum absolute atomic E-state index is 0. The Kier molecular flexibility index (Phi) is 8.37. The van der Waals surface area contributed by atoms with Crippen LogP contribution in [0.3, 0.4) is 0 Å². The Morgan fingerprint density at radius 1 is 1.17 bits per heavy atom. The summed E-state index contributed by atoms with van der Waals surface area (Å²) in [6.07, 6.45) is 8.57. The Bertz CT molecular complexity index is 704. The van der Waals surface area contributed by atoms with Crippen LogP contribution in [0.4, 0.5) is 0 Å². The molecule has 30 heavy (non-hydrogen) atoms. The Morgan fingerprint density at radius 2 is 1.90 bits per heavy atom. The van der Waals surface area contributed by atoms with Crippen LogP contribution in [0.2, 0.25) is 0 Å². The molecule has 2 N–H and O–H groups in total. The maximum absolute atomic E-state index is 4.54.